The number of sulfonamides is 1. The summed E-state index contributed by atoms with van der Waals surface area (Å²) in [5.74, 6) is -0.903. The van der Waals surface area contributed by atoms with Gasteiger partial charge >= 0.3 is 11.9 Å². The van der Waals surface area contributed by atoms with Gasteiger partial charge in [0.05, 0.1) is 10.5 Å². The Hall–Kier alpha value is -2.71. The summed E-state index contributed by atoms with van der Waals surface area (Å²) >= 11 is 0. The smallest absolute Gasteiger partial charge is 0.343 e. The summed E-state index contributed by atoms with van der Waals surface area (Å²) < 4.78 is 36.9. The van der Waals surface area contributed by atoms with E-state index >= 15 is 0 Å². The molecule has 0 spiro atoms. The van der Waals surface area contributed by atoms with Gasteiger partial charge in [0.2, 0.25) is 10.0 Å². The molecule has 0 aliphatic heterocycles. The van der Waals surface area contributed by atoms with Crippen molar-refractivity contribution in [2.45, 2.75) is 31.3 Å². The maximum atomic E-state index is 12.2. The lowest BCUT2D eigenvalue weighted by molar-refractivity contribution is -0.153. The largest absolute Gasteiger partial charge is 0.459 e. The van der Waals surface area contributed by atoms with Crippen LogP contribution in [0.2, 0.25) is 0 Å². The van der Waals surface area contributed by atoms with E-state index in [1.54, 1.807) is 51.1 Å². The van der Waals surface area contributed by atoms with Crippen molar-refractivity contribution in [1.29, 1.82) is 0 Å². The zero-order valence-electron chi connectivity index (χ0n) is 15.3. The topological polar surface area (TPSA) is 98.8 Å². The number of carbonyl (C=O) groups is 2. The average molecular weight is 391 g/mol. The molecule has 144 valence electrons. The van der Waals surface area contributed by atoms with Gasteiger partial charge in [-0.05, 0) is 57.2 Å². The van der Waals surface area contributed by atoms with E-state index in [-0.39, 0.29) is 10.5 Å². The van der Waals surface area contributed by atoms with Crippen molar-refractivity contribution in [3.63, 3.8) is 0 Å². The molecule has 0 unspecified atom stereocenters. The van der Waals surface area contributed by atoms with Crippen LogP contribution in [0, 0.1) is 0 Å². The number of benzene rings is 2. The van der Waals surface area contributed by atoms with Crippen molar-refractivity contribution in [2.24, 2.45) is 0 Å². The van der Waals surface area contributed by atoms with E-state index in [2.05, 4.69) is 4.72 Å². The molecule has 27 heavy (non-hydrogen) atoms. The van der Waals surface area contributed by atoms with Crippen LogP contribution >= 0.6 is 0 Å². The van der Waals surface area contributed by atoms with Gasteiger partial charge in [0, 0.05) is 0 Å². The zero-order chi connectivity index (χ0) is 20.1. The molecule has 0 saturated heterocycles. The van der Waals surface area contributed by atoms with Crippen LogP contribution in [0.25, 0.3) is 0 Å². The highest BCUT2D eigenvalue weighted by Crippen LogP contribution is 2.15. The van der Waals surface area contributed by atoms with Crippen molar-refractivity contribution in [3.05, 3.63) is 60.2 Å². The SMILES string of the molecule is CC(C)(C)OC(=O)CNS(=O)(=O)c1ccc(C(=O)Oc2ccccc2)cc1. The first kappa shape index (κ1) is 20.6. The van der Waals surface area contributed by atoms with Crippen LogP contribution in [0.15, 0.2) is 59.5 Å². The van der Waals surface area contributed by atoms with E-state index in [1.165, 1.54) is 24.3 Å². The maximum absolute atomic E-state index is 12.2. The van der Waals surface area contributed by atoms with Gasteiger partial charge in [-0.3, -0.25) is 4.79 Å². The molecular formula is C19H21NO6S. The van der Waals surface area contributed by atoms with Gasteiger partial charge < -0.3 is 9.47 Å². The zero-order valence-corrected chi connectivity index (χ0v) is 16.1. The van der Waals surface area contributed by atoms with E-state index in [1.807, 2.05) is 0 Å². The molecule has 8 heteroatoms. The molecule has 7 nitrogen and oxygen atoms in total. The Bertz CT molecular complexity index is 899. The highest BCUT2D eigenvalue weighted by molar-refractivity contribution is 7.89. The third-order valence-corrected chi connectivity index (χ3v) is 4.60. The molecule has 0 aromatic heterocycles. The maximum Gasteiger partial charge on any atom is 0.343 e. The second kappa shape index (κ2) is 8.32. The molecule has 0 saturated carbocycles. The first-order valence-electron chi connectivity index (χ1n) is 8.16. The fourth-order valence-corrected chi connectivity index (χ4v) is 3.01. The second-order valence-corrected chi connectivity index (χ2v) is 8.40. The molecule has 0 aliphatic rings. The van der Waals surface area contributed by atoms with Gasteiger partial charge in [-0.2, -0.15) is 4.72 Å². The summed E-state index contributed by atoms with van der Waals surface area (Å²) in [5.41, 5.74) is -0.506. The van der Waals surface area contributed by atoms with Crippen LogP contribution in [0.4, 0.5) is 0 Å². The summed E-state index contributed by atoms with van der Waals surface area (Å²) in [6, 6.07) is 13.7. The van der Waals surface area contributed by atoms with Crippen LogP contribution in [-0.4, -0.2) is 32.5 Å². The Labute approximate surface area is 158 Å². The van der Waals surface area contributed by atoms with E-state index in [9.17, 15) is 18.0 Å². The van der Waals surface area contributed by atoms with Crippen molar-refractivity contribution >= 4 is 22.0 Å². The standard InChI is InChI=1S/C19H21NO6S/c1-19(2,3)26-17(21)13-20-27(23,24)16-11-9-14(10-12-16)18(22)25-15-7-5-4-6-8-15/h4-12,20H,13H2,1-3H3. The number of para-hydroxylation sites is 1. The van der Waals surface area contributed by atoms with Crippen LogP contribution in [0.1, 0.15) is 31.1 Å². The minimum Gasteiger partial charge on any atom is -0.459 e. The van der Waals surface area contributed by atoms with Crippen molar-refractivity contribution in [2.75, 3.05) is 6.54 Å². The van der Waals surface area contributed by atoms with Crippen LogP contribution in [-0.2, 0) is 19.6 Å². The Morgan fingerprint density at radius 2 is 1.56 bits per heavy atom. The monoisotopic (exact) mass is 391 g/mol. The number of hydrogen-bond acceptors (Lipinski definition) is 6. The predicted molar refractivity (Wildman–Crippen MR) is 98.9 cm³/mol. The van der Waals surface area contributed by atoms with Gasteiger partial charge in [0.15, 0.2) is 0 Å². The van der Waals surface area contributed by atoms with E-state index < -0.39 is 34.1 Å². The third kappa shape index (κ3) is 6.50. The summed E-state index contributed by atoms with van der Waals surface area (Å²) in [4.78, 5) is 23.6. The lowest BCUT2D eigenvalue weighted by Crippen LogP contribution is -2.34. The Morgan fingerprint density at radius 1 is 0.963 bits per heavy atom. The number of ether oxygens (including phenoxy) is 2. The highest BCUT2D eigenvalue weighted by Gasteiger charge is 2.20. The molecule has 1 N–H and O–H groups in total. The van der Waals surface area contributed by atoms with Gasteiger partial charge in [-0.25, -0.2) is 13.2 Å². The van der Waals surface area contributed by atoms with Crippen molar-refractivity contribution < 1.29 is 27.5 Å². The van der Waals surface area contributed by atoms with Gasteiger partial charge in [-0.1, -0.05) is 18.2 Å². The molecule has 0 fully saturated rings. The van der Waals surface area contributed by atoms with Gasteiger partial charge in [-0.15, -0.1) is 0 Å². The Morgan fingerprint density at radius 3 is 2.11 bits per heavy atom. The fraction of sp³-hybridized carbons (Fsp3) is 0.263. The predicted octanol–water partition coefficient (Wildman–Crippen LogP) is 2.53. The van der Waals surface area contributed by atoms with E-state index in [0.717, 1.165) is 0 Å². The Kier molecular flexibility index (Phi) is 6.35. The number of hydrogen-bond donors (Lipinski definition) is 1. The van der Waals surface area contributed by atoms with Crippen LogP contribution in [0.5, 0.6) is 5.75 Å². The fourth-order valence-electron chi connectivity index (χ4n) is 2.04. The van der Waals surface area contributed by atoms with Gasteiger partial charge in [0.25, 0.3) is 0 Å². The first-order chi connectivity index (χ1) is 12.6. The second-order valence-electron chi connectivity index (χ2n) is 6.64. The first-order valence-corrected chi connectivity index (χ1v) is 9.64. The van der Waals surface area contributed by atoms with Gasteiger partial charge in [0.1, 0.15) is 17.9 Å². The molecule has 2 rings (SSSR count). The number of carbonyl (C=O) groups excluding carboxylic acids is 2. The summed E-state index contributed by atoms with van der Waals surface area (Å²) in [7, 11) is -3.92. The summed E-state index contributed by atoms with van der Waals surface area (Å²) in [6.07, 6.45) is 0. The van der Waals surface area contributed by atoms with E-state index in [0.29, 0.717) is 5.75 Å². The quantitative estimate of drug-likeness (QED) is 0.600. The van der Waals surface area contributed by atoms with Crippen molar-refractivity contribution in [1.82, 2.24) is 4.72 Å². The molecule has 2 aromatic rings. The summed E-state index contributed by atoms with van der Waals surface area (Å²) in [6.45, 7) is 4.57. The lowest BCUT2D eigenvalue weighted by Gasteiger charge is -2.19. The minimum absolute atomic E-state index is 0.0812. The molecule has 0 radical (unpaired) electrons. The number of nitrogens with one attached hydrogen (secondary N) is 1. The van der Waals surface area contributed by atoms with Crippen LogP contribution in [0.3, 0.4) is 0 Å². The summed E-state index contributed by atoms with van der Waals surface area (Å²) in [5, 5.41) is 0. The highest BCUT2D eigenvalue weighted by atomic mass is 32.2. The molecule has 0 amide bonds. The van der Waals surface area contributed by atoms with Crippen molar-refractivity contribution in [3.8, 4) is 5.75 Å². The minimum atomic E-state index is -3.92. The third-order valence-electron chi connectivity index (χ3n) is 3.18. The lowest BCUT2D eigenvalue weighted by atomic mass is 10.2. The molecule has 0 aliphatic carbocycles. The molecule has 0 heterocycles. The van der Waals surface area contributed by atoms with E-state index in [4.69, 9.17) is 9.47 Å². The Balaban J connectivity index is 2.00. The number of esters is 2. The molecule has 0 atom stereocenters. The normalized spacial score (nSPS) is 11.7. The average Bonchev–Trinajstić information content (AvgIpc) is 2.60. The molecule has 2 aromatic carbocycles. The molecular weight excluding hydrogens is 370 g/mol. The van der Waals surface area contributed by atoms with Crippen LogP contribution < -0.4 is 9.46 Å². The number of rotatable bonds is 6. The molecule has 0 bridgehead atoms.